The number of nitrogens with zero attached hydrogens (tertiary/aromatic N) is 1. The summed E-state index contributed by atoms with van der Waals surface area (Å²) in [6.45, 7) is 1.48. The van der Waals surface area contributed by atoms with Crippen LogP contribution in [-0.4, -0.2) is 24.7 Å². The second-order valence-electron chi connectivity index (χ2n) is 3.52. The summed E-state index contributed by atoms with van der Waals surface area (Å²) >= 11 is 0. The van der Waals surface area contributed by atoms with Crippen LogP contribution in [0.1, 0.15) is 23.7 Å². The fraction of sp³-hybridized carbons (Fsp3) is 0.273. The fourth-order valence-electron chi connectivity index (χ4n) is 1.39. The molecule has 1 aromatic rings. The number of carboxylic acid groups (broad SMARTS) is 1. The maximum absolute atomic E-state index is 13.5. The minimum Gasteiger partial charge on any atom is -0.478 e. The summed E-state index contributed by atoms with van der Waals surface area (Å²) in [4.78, 5) is 9.96. The summed E-state index contributed by atoms with van der Waals surface area (Å²) in [5, 5.41) is 16.1. The molecule has 1 aromatic carbocycles. The molecular weight excluding hydrogens is 261 g/mol. The van der Waals surface area contributed by atoms with Gasteiger partial charge in [-0.1, -0.05) is 6.92 Å². The Hall–Kier alpha value is -1.94. The normalized spacial score (nSPS) is 12.7. The minimum absolute atomic E-state index is 0.00439. The number of carboxylic acids is 1. The molecule has 0 aromatic heterocycles. The lowest BCUT2D eigenvalue weighted by molar-refractivity contribution is 0.0696. The third-order valence-corrected chi connectivity index (χ3v) is 4.49. The lowest BCUT2D eigenvalue weighted by Gasteiger charge is -2.10. The van der Waals surface area contributed by atoms with Crippen molar-refractivity contribution in [2.75, 3.05) is 0 Å². The maximum Gasteiger partial charge on any atom is 0.335 e. The van der Waals surface area contributed by atoms with Gasteiger partial charge < -0.3 is 5.11 Å². The SMILES string of the molecule is CCC(C#N)S(=O)(=O)c1cc(C(=O)O)ccc1F. The van der Waals surface area contributed by atoms with E-state index in [-0.39, 0.29) is 12.0 Å². The van der Waals surface area contributed by atoms with E-state index in [0.29, 0.717) is 0 Å². The van der Waals surface area contributed by atoms with Crippen LogP contribution in [0.3, 0.4) is 0 Å². The van der Waals surface area contributed by atoms with Crippen molar-refractivity contribution in [3.05, 3.63) is 29.6 Å². The Bertz CT molecular complexity index is 618. The molecular formula is C11H10FNO4S. The van der Waals surface area contributed by atoms with Crippen molar-refractivity contribution in [1.82, 2.24) is 0 Å². The minimum atomic E-state index is -4.19. The smallest absolute Gasteiger partial charge is 0.335 e. The van der Waals surface area contributed by atoms with Crippen LogP contribution < -0.4 is 0 Å². The zero-order valence-electron chi connectivity index (χ0n) is 9.42. The standard InChI is InChI=1S/C11H10FNO4S/c1-2-8(6-13)18(16,17)10-5-7(11(14)15)3-4-9(10)12/h3-5,8H,2H2,1H3,(H,14,15). The van der Waals surface area contributed by atoms with Crippen LogP contribution in [0.5, 0.6) is 0 Å². The Morgan fingerprint density at radius 2 is 2.17 bits per heavy atom. The molecule has 0 aliphatic rings. The number of sulfone groups is 1. The fourth-order valence-corrected chi connectivity index (χ4v) is 2.90. The molecule has 1 rings (SSSR count). The number of benzene rings is 1. The average Bonchev–Trinajstić information content (AvgIpc) is 2.30. The molecule has 0 bridgehead atoms. The van der Waals surface area contributed by atoms with E-state index < -0.39 is 31.8 Å². The van der Waals surface area contributed by atoms with Crippen molar-refractivity contribution >= 4 is 15.8 Å². The molecule has 7 heteroatoms. The number of nitriles is 1. The summed E-state index contributed by atoms with van der Waals surface area (Å²) in [6.07, 6.45) is -0.00439. The first kappa shape index (κ1) is 14.1. The number of carbonyl (C=O) groups is 1. The van der Waals surface area contributed by atoms with Gasteiger partial charge in [-0.25, -0.2) is 17.6 Å². The molecule has 0 spiro atoms. The van der Waals surface area contributed by atoms with Crippen LogP contribution in [0.4, 0.5) is 4.39 Å². The Balaban J connectivity index is 3.46. The number of hydrogen-bond acceptors (Lipinski definition) is 4. The molecule has 0 heterocycles. The maximum atomic E-state index is 13.5. The quantitative estimate of drug-likeness (QED) is 0.897. The molecule has 0 radical (unpaired) electrons. The van der Waals surface area contributed by atoms with E-state index in [1.165, 1.54) is 6.92 Å². The third kappa shape index (κ3) is 2.49. The number of aromatic carboxylic acids is 1. The molecule has 1 atom stereocenters. The Kier molecular flexibility index (Phi) is 4.03. The number of halogens is 1. The van der Waals surface area contributed by atoms with E-state index in [4.69, 9.17) is 10.4 Å². The molecule has 0 amide bonds. The van der Waals surface area contributed by atoms with Crippen LogP contribution in [-0.2, 0) is 9.84 Å². The summed E-state index contributed by atoms with van der Waals surface area (Å²) < 4.78 is 37.3. The molecule has 96 valence electrons. The molecule has 0 aliphatic carbocycles. The Labute approximate surface area is 103 Å². The van der Waals surface area contributed by atoms with Gasteiger partial charge in [-0.05, 0) is 24.6 Å². The number of rotatable bonds is 4. The van der Waals surface area contributed by atoms with Crippen molar-refractivity contribution in [1.29, 1.82) is 5.26 Å². The van der Waals surface area contributed by atoms with Gasteiger partial charge in [0, 0.05) is 0 Å². The molecule has 1 N–H and O–H groups in total. The van der Waals surface area contributed by atoms with E-state index in [1.54, 1.807) is 6.07 Å². The highest BCUT2D eigenvalue weighted by molar-refractivity contribution is 7.92. The van der Waals surface area contributed by atoms with Crippen molar-refractivity contribution < 1.29 is 22.7 Å². The van der Waals surface area contributed by atoms with Crippen molar-refractivity contribution in [2.24, 2.45) is 0 Å². The van der Waals surface area contributed by atoms with Crippen molar-refractivity contribution in [3.8, 4) is 6.07 Å². The molecule has 5 nitrogen and oxygen atoms in total. The zero-order valence-corrected chi connectivity index (χ0v) is 10.2. The first-order valence-corrected chi connectivity index (χ1v) is 6.55. The second-order valence-corrected chi connectivity index (χ2v) is 5.62. The van der Waals surface area contributed by atoms with E-state index in [0.717, 1.165) is 18.2 Å². The van der Waals surface area contributed by atoms with Gasteiger partial charge in [-0.15, -0.1) is 0 Å². The molecule has 0 saturated carbocycles. The van der Waals surface area contributed by atoms with E-state index in [9.17, 15) is 17.6 Å². The van der Waals surface area contributed by atoms with Crippen LogP contribution in [0.25, 0.3) is 0 Å². The zero-order chi connectivity index (χ0) is 13.9. The molecule has 18 heavy (non-hydrogen) atoms. The van der Waals surface area contributed by atoms with Crippen molar-refractivity contribution in [3.63, 3.8) is 0 Å². The van der Waals surface area contributed by atoms with Gasteiger partial charge in [-0.2, -0.15) is 5.26 Å². The average molecular weight is 271 g/mol. The van der Waals surface area contributed by atoms with Crippen LogP contribution in [0, 0.1) is 17.1 Å². The van der Waals surface area contributed by atoms with Crippen LogP contribution >= 0.6 is 0 Å². The summed E-state index contributed by atoms with van der Waals surface area (Å²) in [7, 11) is -4.19. The molecule has 0 fully saturated rings. The molecule has 0 aliphatic heterocycles. The lowest BCUT2D eigenvalue weighted by Crippen LogP contribution is -2.20. The summed E-state index contributed by atoms with van der Waals surface area (Å²) in [5.41, 5.74) is -0.345. The highest BCUT2D eigenvalue weighted by atomic mass is 32.2. The van der Waals surface area contributed by atoms with Gasteiger partial charge in [0.25, 0.3) is 0 Å². The van der Waals surface area contributed by atoms with Crippen LogP contribution in [0.2, 0.25) is 0 Å². The highest BCUT2D eigenvalue weighted by Gasteiger charge is 2.29. The highest BCUT2D eigenvalue weighted by Crippen LogP contribution is 2.22. The molecule has 1 unspecified atom stereocenters. The van der Waals surface area contributed by atoms with Crippen molar-refractivity contribution in [2.45, 2.75) is 23.5 Å². The first-order valence-electron chi connectivity index (χ1n) is 5.01. The third-order valence-electron chi connectivity index (χ3n) is 2.37. The Morgan fingerprint density at radius 1 is 1.56 bits per heavy atom. The van der Waals surface area contributed by atoms with Crippen LogP contribution in [0.15, 0.2) is 23.1 Å². The lowest BCUT2D eigenvalue weighted by atomic mass is 10.2. The summed E-state index contributed by atoms with van der Waals surface area (Å²) in [6, 6.07) is 4.02. The van der Waals surface area contributed by atoms with E-state index in [2.05, 4.69) is 0 Å². The predicted molar refractivity (Wildman–Crippen MR) is 60.2 cm³/mol. The van der Waals surface area contributed by atoms with Gasteiger partial charge in [0.05, 0.1) is 11.6 Å². The number of hydrogen-bond donors (Lipinski definition) is 1. The van der Waals surface area contributed by atoms with Gasteiger partial charge >= 0.3 is 5.97 Å². The van der Waals surface area contributed by atoms with E-state index >= 15 is 0 Å². The Morgan fingerprint density at radius 3 is 2.61 bits per heavy atom. The second kappa shape index (κ2) is 5.14. The predicted octanol–water partition coefficient (Wildman–Crippen LogP) is 1.60. The van der Waals surface area contributed by atoms with Gasteiger partial charge in [-0.3, -0.25) is 0 Å². The van der Waals surface area contributed by atoms with E-state index in [1.807, 2.05) is 0 Å². The van der Waals surface area contributed by atoms with Gasteiger partial charge in [0.1, 0.15) is 10.7 Å². The van der Waals surface area contributed by atoms with Gasteiger partial charge in [0.15, 0.2) is 15.1 Å². The molecule has 0 saturated heterocycles. The summed E-state index contributed by atoms with van der Waals surface area (Å²) in [5.74, 6) is -2.43. The monoisotopic (exact) mass is 271 g/mol. The largest absolute Gasteiger partial charge is 0.478 e. The topological polar surface area (TPSA) is 95.2 Å². The van der Waals surface area contributed by atoms with Gasteiger partial charge in [0.2, 0.25) is 0 Å². The first-order chi connectivity index (χ1) is 8.34.